The molecule has 1 atom stereocenters. The molecule has 1 unspecified atom stereocenters. The molecule has 1 aromatic heterocycles. The average Bonchev–Trinajstić information content (AvgIpc) is 2.39. The lowest BCUT2D eigenvalue weighted by atomic mass is 9.97. The number of rotatable bonds is 3. The van der Waals surface area contributed by atoms with Crippen molar-refractivity contribution in [1.82, 2.24) is 9.97 Å². The first-order valence-electron chi connectivity index (χ1n) is 5.77. The minimum Gasteiger partial charge on any atom is -0.480 e. The zero-order valence-electron chi connectivity index (χ0n) is 10.2. The fourth-order valence-corrected chi connectivity index (χ4v) is 2.40. The first-order chi connectivity index (χ1) is 8.61. The summed E-state index contributed by atoms with van der Waals surface area (Å²) in [5.74, 6) is 1.48. The van der Waals surface area contributed by atoms with Crippen LogP contribution in [0.5, 0.6) is 5.88 Å². The van der Waals surface area contributed by atoms with E-state index in [1.165, 1.54) is 0 Å². The van der Waals surface area contributed by atoms with Crippen LogP contribution in [-0.4, -0.2) is 36.0 Å². The molecule has 0 bridgehead atoms. The van der Waals surface area contributed by atoms with E-state index in [-0.39, 0.29) is 11.8 Å². The molecule has 2 heterocycles. The number of nitrogens with one attached hydrogen (secondary N) is 1. The largest absolute Gasteiger partial charge is 0.480 e. The molecule has 1 fully saturated rings. The zero-order chi connectivity index (χ0) is 13.1. The maximum atomic E-state index is 7.53. The van der Waals surface area contributed by atoms with Crippen LogP contribution in [-0.2, 0) is 0 Å². The Morgan fingerprint density at radius 2 is 2.44 bits per heavy atom. The zero-order valence-corrected chi connectivity index (χ0v) is 11.8. The van der Waals surface area contributed by atoms with Crippen LogP contribution in [0.2, 0.25) is 0 Å². The second-order valence-electron chi connectivity index (χ2n) is 4.27. The number of nitrogens with zero attached hydrogens (tertiary/aromatic N) is 3. The molecule has 0 aliphatic carbocycles. The first-order valence-corrected chi connectivity index (χ1v) is 6.56. The highest BCUT2D eigenvalue weighted by atomic mass is 79.9. The summed E-state index contributed by atoms with van der Waals surface area (Å²) >= 11 is 3.33. The molecule has 0 radical (unpaired) electrons. The van der Waals surface area contributed by atoms with Crippen molar-refractivity contribution in [3.63, 3.8) is 0 Å². The Morgan fingerprint density at radius 1 is 1.67 bits per heavy atom. The molecule has 0 spiro atoms. The lowest BCUT2D eigenvalue weighted by Gasteiger charge is -2.32. The first kappa shape index (κ1) is 13.1. The van der Waals surface area contributed by atoms with E-state index in [1.807, 2.05) is 4.90 Å². The van der Waals surface area contributed by atoms with E-state index < -0.39 is 0 Å². The van der Waals surface area contributed by atoms with Crippen LogP contribution in [0.15, 0.2) is 10.7 Å². The van der Waals surface area contributed by atoms with Crippen LogP contribution >= 0.6 is 15.9 Å². The molecule has 0 aromatic carbocycles. The van der Waals surface area contributed by atoms with E-state index in [2.05, 4.69) is 25.9 Å². The maximum Gasteiger partial charge on any atom is 0.232 e. The molecule has 18 heavy (non-hydrogen) atoms. The fraction of sp³-hybridized carbons (Fsp3) is 0.545. The lowest BCUT2D eigenvalue weighted by Crippen LogP contribution is -2.41. The molecule has 0 amide bonds. The smallest absolute Gasteiger partial charge is 0.232 e. The summed E-state index contributed by atoms with van der Waals surface area (Å²) in [5.41, 5.74) is 5.57. The average molecular weight is 314 g/mol. The highest BCUT2D eigenvalue weighted by Gasteiger charge is 2.24. The number of aromatic nitrogens is 2. The monoisotopic (exact) mass is 313 g/mol. The van der Waals surface area contributed by atoms with E-state index in [0.717, 1.165) is 23.9 Å². The van der Waals surface area contributed by atoms with Gasteiger partial charge in [0.05, 0.1) is 23.6 Å². The minimum absolute atomic E-state index is 0.0944. The molecule has 7 heteroatoms. The van der Waals surface area contributed by atoms with E-state index in [4.69, 9.17) is 15.9 Å². The lowest BCUT2D eigenvalue weighted by molar-refractivity contribution is 0.392. The van der Waals surface area contributed by atoms with Crippen LogP contribution < -0.4 is 15.4 Å². The molecule has 3 N–H and O–H groups in total. The number of halogens is 1. The number of piperidine rings is 1. The number of ether oxygens (including phenoxy) is 1. The normalized spacial score (nSPS) is 19.7. The van der Waals surface area contributed by atoms with E-state index >= 15 is 0 Å². The maximum absolute atomic E-state index is 7.53. The SMILES string of the molecule is COc1nc(N2CCCC(C(=N)N)C2)ncc1Br. The van der Waals surface area contributed by atoms with Gasteiger partial charge >= 0.3 is 0 Å². The third-order valence-corrected chi connectivity index (χ3v) is 3.58. The standard InChI is InChI=1S/C11H16BrN5O/c1-18-10-8(12)5-15-11(16-10)17-4-2-3-7(6-17)9(13)14/h5,7H,2-4,6H2,1H3,(H3,13,14). The Morgan fingerprint density at radius 3 is 3.11 bits per heavy atom. The van der Waals surface area contributed by atoms with Gasteiger partial charge in [-0.15, -0.1) is 0 Å². The quantitative estimate of drug-likeness (QED) is 0.650. The third kappa shape index (κ3) is 2.72. The van der Waals surface area contributed by atoms with Crippen LogP contribution in [0.25, 0.3) is 0 Å². The van der Waals surface area contributed by atoms with Gasteiger partial charge in [-0.25, -0.2) is 4.98 Å². The van der Waals surface area contributed by atoms with E-state index in [1.54, 1.807) is 13.3 Å². The van der Waals surface area contributed by atoms with Crippen molar-refractivity contribution in [3.05, 3.63) is 10.7 Å². The van der Waals surface area contributed by atoms with Crippen molar-refractivity contribution in [2.24, 2.45) is 11.7 Å². The predicted octanol–water partition coefficient (Wildman–Crippen LogP) is 1.40. The Labute approximate surface area is 114 Å². The highest BCUT2D eigenvalue weighted by Crippen LogP contribution is 2.26. The van der Waals surface area contributed by atoms with Gasteiger partial charge < -0.3 is 15.4 Å². The number of anilines is 1. The van der Waals surface area contributed by atoms with Crippen molar-refractivity contribution in [2.45, 2.75) is 12.8 Å². The second-order valence-corrected chi connectivity index (χ2v) is 5.12. The number of nitrogens with two attached hydrogens (primary N) is 1. The van der Waals surface area contributed by atoms with Crippen molar-refractivity contribution in [2.75, 3.05) is 25.1 Å². The van der Waals surface area contributed by atoms with Crippen molar-refractivity contribution in [3.8, 4) is 5.88 Å². The molecular formula is C11H16BrN5O. The minimum atomic E-state index is 0.0944. The van der Waals surface area contributed by atoms with Crippen LogP contribution in [0.1, 0.15) is 12.8 Å². The van der Waals surface area contributed by atoms with Gasteiger partial charge in [-0.2, -0.15) is 4.98 Å². The number of hydrogen-bond donors (Lipinski definition) is 2. The van der Waals surface area contributed by atoms with Crippen LogP contribution in [0.4, 0.5) is 5.95 Å². The molecule has 98 valence electrons. The van der Waals surface area contributed by atoms with Crippen molar-refractivity contribution < 1.29 is 4.74 Å². The summed E-state index contributed by atoms with van der Waals surface area (Å²) in [6, 6.07) is 0. The second kappa shape index (κ2) is 5.51. The Balaban J connectivity index is 2.18. The van der Waals surface area contributed by atoms with Gasteiger partial charge in [0.2, 0.25) is 11.8 Å². The predicted molar refractivity (Wildman–Crippen MR) is 73.1 cm³/mol. The molecule has 1 aliphatic heterocycles. The van der Waals surface area contributed by atoms with Gasteiger partial charge in [-0.1, -0.05) is 0 Å². The fourth-order valence-electron chi connectivity index (χ4n) is 2.05. The van der Waals surface area contributed by atoms with E-state index in [9.17, 15) is 0 Å². The van der Waals surface area contributed by atoms with Crippen LogP contribution in [0.3, 0.4) is 0 Å². The van der Waals surface area contributed by atoms with E-state index in [0.29, 0.717) is 18.4 Å². The van der Waals surface area contributed by atoms with Crippen molar-refractivity contribution >= 4 is 27.7 Å². The summed E-state index contributed by atoms with van der Waals surface area (Å²) < 4.78 is 5.89. The van der Waals surface area contributed by atoms with Gasteiger partial charge in [0.25, 0.3) is 0 Å². The Hall–Kier alpha value is -1.37. The Bertz CT molecular complexity index is 453. The van der Waals surface area contributed by atoms with Gasteiger partial charge in [-0.05, 0) is 28.8 Å². The molecule has 1 aromatic rings. The molecule has 0 saturated carbocycles. The Kier molecular flexibility index (Phi) is 4.00. The van der Waals surface area contributed by atoms with Crippen molar-refractivity contribution in [1.29, 1.82) is 5.41 Å². The highest BCUT2D eigenvalue weighted by molar-refractivity contribution is 9.10. The van der Waals surface area contributed by atoms with Gasteiger partial charge in [0.1, 0.15) is 0 Å². The molecule has 6 nitrogen and oxygen atoms in total. The molecule has 1 saturated heterocycles. The van der Waals surface area contributed by atoms with Gasteiger partial charge in [0, 0.05) is 19.0 Å². The third-order valence-electron chi connectivity index (χ3n) is 3.04. The summed E-state index contributed by atoms with van der Waals surface area (Å²) in [7, 11) is 1.57. The van der Waals surface area contributed by atoms with Crippen LogP contribution in [0, 0.1) is 11.3 Å². The molecular weight excluding hydrogens is 298 g/mol. The molecule has 2 rings (SSSR count). The number of methoxy groups -OCH3 is 1. The summed E-state index contributed by atoms with van der Waals surface area (Å²) in [5, 5.41) is 7.53. The number of hydrogen-bond acceptors (Lipinski definition) is 5. The van der Waals surface area contributed by atoms with Gasteiger partial charge in [0.15, 0.2) is 0 Å². The van der Waals surface area contributed by atoms with Gasteiger partial charge in [-0.3, -0.25) is 5.41 Å². The summed E-state index contributed by atoms with van der Waals surface area (Å²) in [6.45, 7) is 1.58. The summed E-state index contributed by atoms with van der Waals surface area (Å²) in [6.07, 6.45) is 3.63. The molecule has 1 aliphatic rings. The topological polar surface area (TPSA) is 88.1 Å². The number of amidine groups is 1. The summed E-state index contributed by atoms with van der Waals surface area (Å²) in [4.78, 5) is 10.7.